The SMILES string of the molecule is C1=Cc2ccc(-c3nc(-c4ccccc4)cc(-c4ccc(-c5cccnc5)cc4)n3)cc2C2(c3ccccc31)c1ccccc1-c1c2ccc2sc3ccccc3c12. The van der Waals surface area contributed by atoms with Crippen LogP contribution in [0.15, 0.2) is 188 Å². The molecule has 270 valence electrons. The van der Waals surface area contributed by atoms with E-state index in [0.29, 0.717) is 5.82 Å². The first-order valence-electron chi connectivity index (χ1n) is 19.7. The summed E-state index contributed by atoms with van der Waals surface area (Å²) in [4.78, 5) is 15.0. The summed E-state index contributed by atoms with van der Waals surface area (Å²) in [5, 5.41) is 2.65. The Balaban J connectivity index is 1.12. The maximum atomic E-state index is 5.35. The Kier molecular flexibility index (Phi) is 7.31. The monoisotopic (exact) mass is 755 g/mol. The van der Waals surface area contributed by atoms with Crippen molar-refractivity contribution in [2.75, 3.05) is 0 Å². The first-order valence-corrected chi connectivity index (χ1v) is 20.5. The van der Waals surface area contributed by atoms with Crippen LogP contribution in [0.2, 0.25) is 0 Å². The van der Waals surface area contributed by atoms with Crippen molar-refractivity contribution in [3.05, 3.63) is 222 Å². The van der Waals surface area contributed by atoms with E-state index in [1.807, 2.05) is 29.7 Å². The van der Waals surface area contributed by atoms with Gasteiger partial charge in [0.15, 0.2) is 5.82 Å². The summed E-state index contributed by atoms with van der Waals surface area (Å²) < 4.78 is 2.63. The van der Waals surface area contributed by atoms with Crippen molar-refractivity contribution in [3.8, 4) is 56.2 Å². The highest BCUT2D eigenvalue weighted by Gasteiger charge is 2.49. The Bertz CT molecular complexity index is 3270. The standard InChI is InChI=1S/C54H33N3S/c1-2-12-37(13-3-1)47-32-48(38-25-20-34(21-26-38)40-14-10-30-55-33-40)57-53(56-47)39-27-24-36-23-22-35-11-4-7-17-43(35)54(46(36)31-39)44-18-8-5-15-41(44)51-45(54)28-29-50-52(51)42-16-6-9-19-49(42)58-50/h1-33H. The zero-order valence-corrected chi connectivity index (χ0v) is 32.1. The predicted octanol–water partition coefficient (Wildman–Crippen LogP) is 13.8. The van der Waals surface area contributed by atoms with E-state index in [0.717, 1.165) is 39.2 Å². The van der Waals surface area contributed by atoms with Crippen LogP contribution in [-0.2, 0) is 5.41 Å². The fourth-order valence-corrected chi connectivity index (χ4v) is 10.6. The minimum absolute atomic E-state index is 0.587. The summed E-state index contributed by atoms with van der Waals surface area (Å²) in [6.07, 6.45) is 8.29. The molecule has 1 unspecified atom stereocenters. The number of aromatic nitrogens is 3. The smallest absolute Gasteiger partial charge is 0.160 e. The van der Waals surface area contributed by atoms with Crippen LogP contribution in [-0.4, -0.2) is 15.0 Å². The van der Waals surface area contributed by atoms with Gasteiger partial charge in [0.1, 0.15) is 0 Å². The summed E-state index contributed by atoms with van der Waals surface area (Å²) in [6.45, 7) is 0. The van der Waals surface area contributed by atoms with Crippen LogP contribution in [0, 0.1) is 0 Å². The maximum Gasteiger partial charge on any atom is 0.160 e. The average Bonchev–Trinajstić information content (AvgIpc) is 3.77. The second-order valence-corrected chi connectivity index (χ2v) is 16.2. The highest BCUT2D eigenvalue weighted by molar-refractivity contribution is 7.26. The Morgan fingerprint density at radius 3 is 1.93 bits per heavy atom. The molecule has 2 aliphatic rings. The van der Waals surface area contributed by atoms with Crippen LogP contribution in [0.5, 0.6) is 0 Å². The highest BCUT2D eigenvalue weighted by Crippen LogP contribution is 2.61. The molecule has 0 aliphatic heterocycles. The molecular weight excluding hydrogens is 723 g/mol. The molecule has 0 N–H and O–H groups in total. The number of nitrogens with zero attached hydrogens (tertiary/aromatic N) is 3. The van der Waals surface area contributed by atoms with Crippen LogP contribution in [0.4, 0.5) is 0 Å². The Morgan fingerprint density at radius 2 is 1.10 bits per heavy atom. The van der Waals surface area contributed by atoms with Gasteiger partial charge in [-0.25, -0.2) is 9.97 Å². The lowest BCUT2D eigenvalue weighted by Gasteiger charge is -2.35. The molecule has 0 bridgehead atoms. The molecule has 1 atom stereocenters. The summed E-state index contributed by atoms with van der Waals surface area (Å²) in [6, 6.07) is 63.7. The van der Waals surface area contributed by atoms with Crippen LogP contribution >= 0.6 is 11.3 Å². The second kappa shape index (κ2) is 12.9. The third kappa shape index (κ3) is 4.89. The van der Waals surface area contributed by atoms with Gasteiger partial charge in [0, 0.05) is 49.3 Å². The van der Waals surface area contributed by atoms with Gasteiger partial charge >= 0.3 is 0 Å². The highest BCUT2D eigenvalue weighted by atomic mass is 32.1. The lowest BCUT2D eigenvalue weighted by molar-refractivity contribution is 0.767. The van der Waals surface area contributed by atoms with Crippen LogP contribution in [0.3, 0.4) is 0 Å². The van der Waals surface area contributed by atoms with Gasteiger partial charge in [0.2, 0.25) is 0 Å². The molecule has 1 spiro atoms. The third-order valence-corrected chi connectivity index (χ3v) is 13.2. The molecule has 7 aromatic carbocycles. The molecule has 58 heavy (non-hydrogen) atoms. The maximum absolute atomic E-state index is 5.35. The number of rotatable bonds is 4. The van der Waals surface area contributed by atoms with E-state index < -0.39 is 5.41 Å². The van der Waals surface area contributed by atoms with Crippen molar-refractivity contribution < 1.29 is 0 Å². The van der Waals surface area contributed by atoms with Gasteiger partial charge in [-0.2, -0.15) is 0 Å². The van der Waals surface area contributed by atoms with Crippen LogP contribution < -0.4 is 0 Å². The first-order chi connectivity index (χ1) is 28.7. The number of pyridine rings is 1. The lowest BCUT2D eigenvalue weighted by atomic mass is 9.65. The van der Waals surface area contributed by atoms with Crippen LogP contribution in [0.25, 0.3) is 88.5 Å². The van der Waals surface area contributed by atoms with Crippen molar-refractivity contribution in [1.29, 1.82) is 0 Å². The summed E-state index contributed by atoms with van der Waals surface area (Å²) in [5.74, 6) is 0.693. The van der Waals surface area contributed by atoms with Crippen molar-refractivity contribution in [2.45, 2.75) is 5.41 Å². The van der Waals surface area contributed by atoms with E-state index in [1.165, 1.54) is 64.7 Å². The molecule has 0 saturated carbocycles. The van der Waals surface area contributed by atoms with E-state index in [2.05, 4.69) is 181 Å². The van der Waals surface area contributed by atoms with Crippen molar-refractivity contribution in [2.24, 2.45) is 0 Å². The third-order valence-electron chi connectivity index (χ3n) is 12.0. The van der Waals surface area contributed by atoms with Crippen molar-refractivity contribution in [1.82, 2.24) is 15.0 Å². The van der Waals surface area contributed by atoms with Crippen molar-refractivity contribution >= 4 is 43.7 Å². The fraction of sp³-hybridized carbons (Fsp3) is 0.0185. The quantitative estimate of drug-likeness (QED) is 0.180. The van der Waals surface area contributed by atoms with E-state index in [1.54, 1.807) is 6.20 Å². The molecule has 3 nitrogen and oxygen atoms in total. The minimum Gasteiger partial charge on any atom is -0.264 e. The Labute approximate surface area is 340 Å². The number of hydrogen-bond acceptors (Lipinski definition) is 4. The topological polar surface area (TPSA) is 38.7 Å². The molecule has 0 amide bonds. The van der Waals surface area contributed by atoms with E-state index in [9.17, 15) is 0 Å². The predicted molar refractivity (Wildman–Crippen MR) is 241 cm³/mol. The summed E-state index contributed by atoms with van der Waals surface area (Å²) >= 11 is 1.88. The summed E-state index contributed by atoms with van der Waals surface area (Å²) in [7, 11) is 0. The zero-order chi connectivity index (χ0) is 38.2. The largest absolute Gasteiger partial charge is 0.264 e. The van der Waals surface area contributed by atoms with Gasteiger partial charge < -0.3 is 0 Å². The van der Waals surface area contributed by atoms with Gasteiger partial charge in [-0.15, -0.1) is 11.3 Å². The number of fused-ring (bicyclic) bond motifs is 13. The molecular formula is C54H33N3S. The lowest BCUT2D eigenvalue weighted by Crippen LogP contribution is -2.30. The normalized spacial score (nSPS) is 14.9. The second-order valence-electron chi connectivity index (χ2n) is 15.1. The van der Waals surface area contributed by atoms with Gasteiger partial charge in [0.25, 0.3) is 0 Å². The molecule has 0 radical (unpaired) electrons. The van der Waals surface area contributed by atoms with Crippen molar-refractivity contribution in [3.63, 3.8) is 0 Å². The summed E-state index contributed by atoms with van der Waals surface area (Å²) in [5.41, 5.74) is 16.6. The molecule has 10 aromatic rings. The Morgan fingerprint density at radius 1 is 0.431 bits per heavy atom. The molecule has 12 rings (SSSR count). The molecule has 0 fully saturated rings. The minimum atomic E-state index is -0.587. The average molecular weight is 756 g/mol. The first kappa shape index (κ1) is 32.9. The molecule has 0 saturated heterocycles. The zero-order valence-electron chi connectivity index (χ0n) is 31.3. The van der Waals surface area contributed by atoms with Crippen LogP contribution in [0.1, 0.15) is 33.4 Å². The Hall–Kier alpha value is -7.27. The number of benzene rings is 7. The van der Waals surface area contributed by atoms with E-state index in [-0.39, 0.29) is 0 Å². The van der Waals surface area contributed by atoms with E-state index >= 15 is 0 Å². The van der Waals surface area contributed by atoms with E-state index in [4.69, 9.17) is 9.97 Å². The van der Waals surface area contributed by atoms with Gasteiger partial charge in [-0.1, -0.05) is 158 Å². The van der Waals surface area contributed by atoms with Gasteiger partial charge in [-0.05, 0) is 86.0 Å². The molecule has 3 aromatic heterocycles. The number of hydrogen-bond donors (Lipinski definition) is 0. The molecule has 4 heteroatoms. The van der Waals surface area contributed by atoms with Gasteiger partial charge in [0.05, 0.1) is 16.8 Å². The van der Waals surface area contributed by atoms with Gasteiger partial charge in [-0.3, -0.25) is 4.98 Å². The fourth-order valence-electron chi connectivity index (χ4n) is 9.48. The molecule has 2 aliphatic carbocycles. The molecule has 3 heterocycles. The number of thiophene rings is 1.